The van der Waals surface area contributed by atoms with Gasteiger partial charge in [0.1, 0.15) is 11.6 Å². The Morgan fingerprint density at radius 3 is 2.53 bits per heavy atom. The van der Waals surface area contributed by atoms with Gasteiger partial charge in [0.05, 0.1) is 5.69 Å². The highest BCUT2D eigenvalue weighted by Gasteiger charge is 2.02. The fourth-order valence-corrected chi connectivity index (χ4v) is 2.03. The maximum atomic E-state index is 13.3. The van der Waals surface area contributed by atoms with Crippen molar-refractivity contribution in [2.45, 2.75) is 6.54 Å². The molecule has 1 nitrogen and oxygen atoms in total. The predicted octanol–water partition coefficient (Wildman–Crippen LogP) is 4.34. The molecule has 2 aromatic carbocycles. The van der Waals surface area contributed by atoms with Gasteiger partial charge >= 0.3 is 0 Å². The Balaban J connectivity index is 2.10. The standard InChI is InChI=1S/C13H10BrF2N/c14-10-5-9(6-11(15)7-10)8-17-13-4-2-1-3-12(13)16/h1-7,17H,8H2. The first-order valence-corrected chi connectivity index (χ1v) is 5.88. The van der Waals surface area contributed by atoms with Gasteiger partial charge in [-0.1, -0.05) is 28.1 Å². The van der Waals surface area contributed by atoms with Gasteiger partial charge < -0.3 is 5.32 Å². The largest absolute Gasteiger partial charge is 0.379 e. The van der Waals surface area contributed by atoms with Crippen LogP contribution in [-0.2, 0) is 6.54 Å². The van der Waals surface area contributed by atoms with Crippen LogP contribution in [0, 0.1) is 11.6 Å². The van der Waals surface area contributed by atoms with Crippen LogP contribution in [0.2, 0.25) is 0 Å². The van der Waals surface area contributed by atoms with Crippen molar-refractivity contribution in [3.8, 4) is 0 Å². The van der Waals surface area contributed by atoms with Crippen LogP contribution in [0.4, 0.5) is 14.5 Å². The third kappa shape index (κ3) is 3.27. The minimum atomic E-state index is -0.317. The molecule has 0 aliphatic carbocycles. The molecule has 0 radical (unpaired) electrons. The molecule has 0 heterocycles. The van der Waals surface area contributed by atoms with Crippen molar-refractivity contribution in [2.24, 2.45) is 0 Å². The lowest BCUT2D eigenvalue weighted by molar-refractivity contribution is 0.624. The van der Waals surface area contributed by atoms with Crippen molar-refractivity contribution in [2.75, 3.05) is 5.32 Å². The Bertz CT molecular complexity index is 508. The molecule has 0 bridgehead atoms. The monoisotopic (exact) mass is 297 g/mol. The van der Waals surface area contributed by atoms with Crippen molar-refractivity contribution in [3.63, 3.8) is 0 Å². The van der Waals surface area contributed by atoms with Crippen molar-refractivity contribution in [3.05, 3.63) is 64.1 Å². The molecule has 4 heteroatoms. The highest BCUT2D eigenvalue weighted by Crippen LogP contribution is 2.17. The molecule has 0 spiro atoms. The minimum Gasteiger partial charge on any atom is -0.379 e. The Morgan fingerprint density at radius 1 is 1.06 bits per heavy atom. The fourth-order valence-electron chi connectivity index (χ4n) is 1.51. The van der Waals surface area contributed by atoms with Gasteiger partial charge in [0, 0.05) is 11.0 Å². The molecule has 0 atom stereocenters. The maximum absolute atomic E-state index is 13.3. The molecular formula is C13H10BrF2N. The van der Waals surface area contributed by atoms with E-state index in [0.29, 0.717) is 16.7 Å². The summed E-state index contributed by atoms with van der Waals surface area (Å²) in [5.41, 5.74) is 1.16. The van der Waals surface area contributed by atoms with Gasteiger partial charge in [0.15, 0.2) is 0 Å². The molecule has 0 saturated carbocycles. The molecule has 0 amide bonds. The molecule has 0 saturated heterocycles. The van der Waals surface area contributed by atoms with Gasteiger partial charge in [-0.3, -0.25) is 0 Å². The Labute approximate surface area is 107 Å². The molecule has 2 aromatic rings. The highest BCUT2D eigenvalue weighted by atomic mass is 79.9. The van der Waals surface area contributed by atoms with Crippen LogP contribution in [0.3, 0.4) is 0 Å². The average molecular weight is 298 g/mol. The molecule has 0 unspecified atom stereocenters. The van der Waals surface area contributed by atoms with E-state index in [-0.39, 0.29) is 11.6 Å². The second-order valence-electron chi connectivity index (χ2n) is 3.61. The normalized spacial score (nSPS) is 10.3. The molecular weight excluding hydrogens is 288 g/mol. The van der Waals surface area contributed by atoms with E-state index in [1.807, 2.05) is 0 Å². The van der Waals surface area contributed by atoms with E-state index in [2.05, 4.69) is 21.2 Å². The van der Waals surface area contributed by atoms with E-state index in [1.165, 1.54) is 18.2 Å². The van der Waals surface area contributed by atoms with Crippen LogP contribution in [0.5, 0.6) is 0 Å². The zero-order valence-electron chi connectivity index (χ0n) is 8.88. The smallest absolute Gasteiger partial charge is 0.146 e. The maximum Gasteiger partial charge on any atom is 0.146 e. The third-order valence-corrected chi connectivity index (χ3v) is 2.74. The summed E-state index contributed by atoms with van der Waals surface area (Å²) in [6.07, 6.45) is 0. The van der Waals surface area contributed by atoms with E-state index < -0.39 is 0 Å². The summed E-state index contributed by atoms with van der Waals surface area (Å²) in [4.78, 5) is 0. The van der Waals surface area contributed by atoms with Gasteiger partial charge in [-0.05, 0) is 35.9 Å². The molecule has 0 aliphatic rings. The van der Waals surface area contributed by atoms with E-state index in [4.69, 9.17) is 0 Å². The van der Waals surface area contributed by atoms with Crippen LogP contribution < -0.4 is 5.32 Å². The lowest BCUT2D eigenvalue weighted by atomic mass is 10.2. The van der Waals surface area contributed by atoms with Crippen molar-refractivity contribution < 1.29 is 8.78 Å². The van der Waals surface area contributed by atoms with E-state index in [0.717, 1.165) is 5.56 Å². The van der Waals surface area contributed by atoms with Crippen LogP contribution in [0.1, 0.15) is 5.56 Å². The average Bonchev–Trinajstić information content (AvgIpc) is 2.27. The van der Waals surface area contributed by atoms with Crippen LogP contribution in [-0.4, -0.2) is 0 Å². The number of hydrogen-bond acceptors (Lipinski definition) is 1. The molecule has 0 aromatic heterocycles. The number of para-hydroxylation sites is 1. The first kappa shape index (κ1) is 12.0. The second kappa shape index (κ2) is 5.27. The number of benzene rings is 2. The van der Waals surface area contributed by atoms with Crippen molar-refractivity contribution >= 4 is 21.6 Å². The Hall–Kier alpha value is -1.42. The molecule has 0 fully saturated rings. The number of hydrogen-bond donors (Lipinski definition) is 1. The lowest BCUT2D eigenvalue weighted by Crippen LogP contribution is -2.01. The predicted molar refractivity (Wildman–Crippen MR) is 67.8 cm³/mol. The highest BCUT2D eigenvalue weighted by molar-refractivity contribution is 9.10. The summed E-state index contributed by atoms with van der Waals surface area (Å²) < 4.78 is 27.1. The number of halogens is 3. The Kier molecular flexibility index (Phi) is 3.74. The number of nitrogens with one attached hydrogen (secondary N) is 1. The van der Waals surface area contributed by atoms with Gasteiger partial charge in [0.2, 0.25) is 0 Å². The summed E-state index contributed by atoms with van der Waals surface area (Å²) in [5.74, 6) is -0.632. The SMILES string of the molecule is Fc1cc(Br)cc(CNc2ccccc2F)c1. The molecule has 2 rings (SSSR count). The van der Waals surface area contributed by atoms with Crippen molar-refractivity contribution in [1.82, 2.24) is 0 Å². The fraction of sp³-hybridized carbons (Fsp3) is 0.0769. The summed E-state index contributed by atoms with van der Waals surface area (Å²) in [7, 11) is 0. The molecule has 88 valence electrons. The molecule has 1 N–H and O–H groups in total. The van der Waals surface area contributed by atoms with E-state index in [1.54, 1.807) is 24.3 Å². The summed E-state index contributed by atoms with van der Waals surface area (Å²) >= 11 is 3.21. The van der Waals surface area contributed by atoms with Gasteiger partial charge in [-0.15, -0.1) is 0 Å². The minimum absolute atomic E-state index is 0.315. The van der Waals surface area contributed by atoms with Gasteiger partial charge in [-0.2, -0.15) is 0 Å². The lowest BCUT2D eigenvalue weighted by Gasteiger charge is -2.08. The molecule has 17 heavy (non-hydrogen) atoms. The summed E-state index contributed by atoms with van der Waals surface area (Å²) in [6, 6.07) is 11.0. The van der Waals surface area contributed by atoms with Crippen LogP contribution in [0.15, 0.2) is 46.9 Å². The van der Waals surface area contributed by atoms with Gasteiger partial charge in [-0.25, -0.2) is 8.78 Å². The quantitative estimate of drug-likeness (QED) is 0.889. The van der Waals surface area contributed by atoms with Gasteiger partial charge in [0.25, 0.3) is 0 Å². The first-order chi connectivity index (χ1) is 8.15. The summed E-state index contributed by atoms with van der Waals surface area (Å²) in [6.45, 7) is 0.372. The van der Waals surface area contributed by atoms with Crippen LogP contribution >= 0.6 is 15.9 Å². The first-order valence-electron chi connectivity index (χ1n) is 5.08. The number of rotatable bonds is 3. The number of anilines is 1. The van der Waals surface area contributed by atoms with E-state index in [9.17, 15) is 8.78 Å². The third-order valence-electron chi connectivity index (χ3n) is 2.28. The van der Waals surface area contributed by atoms with E-state index >= 15 is 0 Å². The second-order valence-corrected chi connectivity index (χ2v) is 4.53. The topological polar surface area (TPSA) is 12.0 Å². The summed E-state index contributed by atoms with van der Waals surface area (Å²) in [5, 5.41) is 2.92. The Morgan fingerprint density at radius 2 is 1.82 bits per heavy atom. The zero-order chi connectivity index (χ0) is 12.3. The zero-order valence-corrected chi connectivity index (χ0v) is 10.5. The molecule has 0 aliphatic heterocycles. The van der Waals surface area contributed by atoms with Crippen LogP contribution in [0.25, 0.3) is 0 Å². The van der Waals surface area contributed by atoms with Crippen molar-refractivity contribution in [1.29, 1.82) is 0 Å².